The van der Waals surface area contributed by atoms with E-state index in [9.17, 15) is 0 Å². The Morgan fingerprint density at radius 1 is 1.50 bits per heavy atom. The van der Waals surface area contributed by atoms with Crippen LogP contribution in [0.1, 0.15) is 30.5 Å². The fourth-order valence-corrected chi connectivity index (χ4v) is 2.39. The lowest BCUT2D eigenvalue weighted by molar-refractivity contribution is 0.184. The first-order chi connectivity index (χ1) is 8.70. The second kappa shape index (κ2) is 6.21. The van der Waals surface area contributed by atoms with Crippen molar-refractivity contribution < 1.29 is 9.47 Å². The highest BCUT2D eigenvalue weighted by Gasteiger charge is 2.17. The zero-order valence-electron chi connectivity index (χ0n) is 11.5. The lowest BCUT2D eigenvalue weighted by Gasteiger charge is -2.19. The minimum Gasteiger partial charge on any atom is -0.496 e. The van der Waals surface area contributed by atoms with E-state index in [1.807, 2.05) is 6.07 Å². The zero-order valence-corrected chi connectivity index (χ0v) is 11.5. The Bertz CT molecular complexity index is 386. The lowest BCUT2D eigenvalue weighted by Crippen LogP contribution is -2.26. The van der Waals surface area contributed by atoms with Crippen molar-refractivity contribution in [2.45, 2.75) is 26.3 Å². The van der Waals surface area contributed by atoms with E-state index in [0.29, 0.717) is 12.0 Å². The summed E-state index contributed by atoms with van der Waals surface area (Å²) in [5.74, 6) is 1.62. The van der Waals surface area contributed by atoms with Crippen molar-refractivity contribution in [1.82, 2.24) is 5.32 Å². The van der Waals surface area contributed by atoms with Crippen molar-refractivity contribution in [1.29, 1.82) is 0 Å². The predicted octanol–water partition coefficient (Wildman–Crippen LogP) is 2.69. The average Bonchev–Trinajstić information content (AvgIpc) is 2.89. The smallest absolute Gasteiger partial charge is 0.123 e. The Morgan fingerprint density at radius 3 is 3.00 bits per heavy atom. The maximum Gasteiger partial charge on any atom is 0.123 e. The highest BCUT2D eigenvalue weighted by Crippen LogP contribution is 2.26. The van der Waals surface area contributed by atoms with Gasteiger partial charge in [-0.05, 0) is 32.3 Å². The van der Waals surface area contributed by atoms with Gasteiger partial charge in [-0.1, -0.05) is 17.7 Å². The molecule has 3 heteroatoms. The largest absolute Gasteiger partial charge is 0.496 e. The maximum absolute atomic E-state index is 5.43. The van der Waals surface area contributed by atoms with Crippen LogP contribution in [-0.4, -0.2) is 26.9 Å². The number of aryl methyl sites for hydroxylation is 1. The first-order valence-electron chi connectivity index (χ1n) is 6.66. The molecule has 2 rings (SSSR count). The van der Waals surface area contributed by atoms with Crippen molar-refractivity contribution in [2.24, 2.45) is 5.92 Å². The van der Waals surface area contributed by atoms with E-state index < -0.39 is 0 Å². The summed E-state index contributed by atoms with van der Waals surface area (Å²) in [7, 11) is 1.73. The van der Waals surface area contributed by atoms with Gasteiger partial charge in [0.15, 0.2) is 0 Å². The molecule has 2 unspecified atom stereocenters. The van der Waals surface area contributed by atoms with Crippen LogP contribution in [0.4, 0.5) is 0 Å². The van der Waals surface area contributed by atoms with Crippen LogP contribution in [0.25, 0.3) is 0 Å². The van der Waals surface area contributed by atoms with Crippen LogP contribution in [0.2, 0.25) is 0 Å². The summed E-state index contributed by atoms with van der Waals surface area (Å²) in [6.45, 7) is 7.12. The van der Waals surface area contributed by atoms with Gasteiger partial charge in [-0.2, -0.15) is 0 Å². The summed E-state index contributed by atoms with van der Waals surface area (Å²) in [5.41, 5.74) is 2.50. The van der Waals surface area contributed by atoms with Crippen molar-refractivity contribution in [3.8, 4) is 5.75 Å². The molecule has 100 valence electrons. The van der Waals surface area contributed by atoms with Crippen molar-refractivity contribution in [3.63, 3.8) is 0 Å². The Morgan fingerprint density at radius 2 is 2.33 bits per heavy atom. The van der Waals surface area contributed by atoms with E-state index >= 15 is 0 Å². The summed E-state index contributed by atoms with van der Waals surface area (Å²) in [6, 6.07) is 6.63. The molecule has 1 fully saturated rings. The molecule has 0 aromatic heterocycles. The molecular weight excluding hydrogens is 226 g/mol. The monoisotopic (exact) mass is 249 g/mol. The number of methoxy groups -OCH3 is 1. The maximum atomic E-state index is 5.43. The molecule has 0 bridgehead atoms. The molecule has 18 heavy (non-hydrogen) atoms. The lowest BCUT2D eigenvalue weighted by atomic mass is 10.0. The minimum absolute atomic E-state index is 0.306. The second-order valence-corrected chi connectivity index (χ2v) is 5.10. The molecule has 0 saturated carbocycles. The van der Waals surface area contributed by atoms with E-state index in [1.54, 1.807) is 7.11 Å². The summed E-state index contributed by atoms with van der Waals surface area (Å²) >= 11 is 0. The number of rotatable bonds is 5. The van der Waals surface area contributed by atoms with Crippen molar-refractivity contribution in [2.75, 3.05) is 26.9 Å². The zero-order chi connectivity index (χ0) is 13.0. The van der Waals surface area contributed by atoms with Crippen LogP contribution in [-0.2, 0) is 4.74 Å². The van der Waals surface area contributed by atoms with E-state index in [1.165, 1.54) is 17.5 Å². The van der Waals surface area contributed by atoms with Gasteiger partial charge < -0.3 is 14.8 Å². The molecule has 1 N–H and O–H groups in total. The van der Waals surface area contributed by atoms with Gasteiger partial charge >= 0.3 is 0 Å². The van der Waals surface area contributed by atoms with Crippen molar-refractivity contribution >= 4 is 0 Å². The van der Waals surface area contributed by atoms with Gasteiger partial charge in [0.25, 0.3) is 0 Å². The Balaban J connectivity index is 1.98. The summed E-state index contributed by atoms with van der Waals surface area (Å²) in [4.78, 5) is 0. The molecule has 1 aliphatic rings. The number of nitrogens with one attached hydrogen (secondary N) is 1. The Kier molecular flexibility index (Phi) is 4.61. The topological polar surface area (TPSA) is 30.5 Å². The fraction of sp³-hybridized carbons (Fsp3) is 0.600. The van der Waals surface area contributed by atoms with Gasteiger partial charge in [0.1, 0.15) is 5.75 Å². The van der Waals surface area contributed by atoms with Crippen LogP contribution in [0.3, 0.4) is 0 Å². The van der Waals surface area contributed by atoms with Gasteiger partial charge in [-0.15, -0.1) is 0 Å². The quantitative estimate of drug-likeness (QED) is 0.870. The van der Waals surface area contributed by atoms with E-state index in [2.05, 4.69) is 31.3 Å². The van der Waals surface area contributed by atoms with Crippen LogP contribution in [0, 0.1) is 12.8 Å². The average molecular weight is 249 g/mol. The highest BCUT2D eigenvalue weighted by atomic mass is 16.5. The molecule has 0 radical (unpaired) electrons. The standard InChI is InChI=1S/C15H23NO2/c1-11-4-5-15(17-3)14(8-11)12(2)16-9-13-6-7-18-10-13/h4-5,8,12-13,16H,6-7,9-10H2,1-3H3. The van der Waals surface area contributed by atoms with Gasteiger partial charge in [-0.3, -0.25) is 0 Å². The molecule has 1 aromatic carbocycles. The first-order valence-corrected chi connectivity index (χ1v) is 6.66. The van der Waals surface area contributed by atoms with Crippen LogP contribution < -0.4 is 10.1 Å². The molecule has 0 spiro atoms. The Labute approximate surface area is 109 Å². The number of hydrogen-bond acceptors (Lipinski definition) is 3. The fourth-order valence-electron chi connectivity index (χ4n) is 2.39. The summed E-state index contributed by atoms with van der Waals surface area (Å²) < 4.78 is 10.8. The van der Waals surface area contributed by atoms with E-state index in [4.69, 9.17) is 9.47 Å². The molecule has 1 aromatic rings. The molecule has 1 heterocycles. The third kappa shape index (κ3) is 3.24. The Hall–Kier alpha value is -1.06. The summed E-state index contributed by atoms with van der Waals surface area (Å²) in [6.07, 6.45) is 1.17. The number of hydrogen-bond donors (Lipinski definition) is 1. The first kappa shape index (κ1) is 13.4. The van der Waals surface area contributed by atoms with E-state index in [-0.39, 0.29) is 0 Å². The molecule has 2 atom stereocenters. The SMILES string of the molecule is COc1ccc(C)cc1C(C)NCC1CCOC1. The van der Waals surface area contributed by atoms with Crippen LogP contribution in [0.15, 0.2) is 18.2 Å². The summed E-state index contributed by atoms with van der Waals surface area (Å²) in [5, 5.41) is 3.58. The second-order valence-electron chi connectivity index (χ2n) is 5.10. The normalized spacial score (nSPS) is 20.9. The molecule has 0 amide bonds. The molecule has 3 nitrogen and oxygen atoms in total. The van der Waals surface area contributed by atoms with Crippen molar-refractivity contribution in [3.05, 3.63) is 29.3 Å². The van der Waals surface area contributed by atoms with Gasteiger partial charge in [0.05, 0.1) is 13.7 Å². The third-order valence-corrected chi connectivity index (χ3v) is 3.59. The molecule has 0 aliphatic carbocycles. The highest BCUT2D eigenvalue weighted by molar-refractivity contribution is 5.38. The molecule has 1 saturated heterocycles. The number of ether oxygens (including phenoxy) is 2. The number of benzene rings is 1. The van der Waals surface area contributed by atoms with Crippen LogP contribution >= 0.6 is 0 Å². The van der Waals surface area contributed by atoms with Gasteiger partial charge in [-0.25, -0.2) is 0 Å². The van der Waals surface area contributed by atoms with E-state index in [0.717, 1.165) is 25.5 Å². The molecular formula is C15H23NO2. The van der Waals surface area contributed by atoms with Gasteiger partial charge in [0, 0.05) is 24.8 Å². The molecule has 1 aliphatic heterocycles. The predicted molar refractivity (Wildman–Crippen MR) is 73.1 cm³/mol. The van der Waals surface area contributed by atoms with Gasteiger partial charge in [0.2, 0.25) is 0 Å². The van der Waals surface area contributed by atoms with Crippen LogP contribution in [0.5, 0.6) is 5.75 Å². The minimum atomic E-state index is 0.306. The third-order valence-electron chi connectivity index (χ3n) is 3.59.